The van der Waals surface area contributed by atoms with Crippen molar-refractivity contribution in [1.29, 1.82) is 0 Å². The predicted octanol–water partition coefficient (Wildman–Crippen LogP) is 5.79. The summed E-state index contributed by atoms with van der Waals surface area (Å²) in [5.41, 5.74) is 2.68. The minimum atomic E-state index is -1.00. The summed E-state index contributed by atoms with van der Waals surface area (Å²) < 4.78 is 20.6. The molecule has 0 amide bonds. The van der Waals surface area contributed by atoms with Crippen LogP contribution >= 0.6 is 22.9 Å². The van der Waals surface area contributed by atoms with Crippen LogP contribution in [0, 0.1) is 0 Å². The number of halogens is 1. The molecule has 0 bridgehead atoms. The number of rotatable bonds is 6. The van der Waals surface area contributed by atoms with Gasteiger partial charge in [0.25, 0.3) is 5.79 Å². The number of hydrogen-bond acceptors (Lipinski definition) is 8. The minimum Gasteiger partial charge on any atom is -0.477 e. The second-order valence-electron chi connectivity index (χ2n) is 10.4. The van der Waals surface area contributed by atoms with Crippen molar-refractivity contribution in [3.05, 3.63) is 69.6 Å². The van der Waals surface area contributed by atoms with Gasteiger partial charge in [-0.15, -0.1) is 11.3 Å². The molecule has 0 saturated carbocycles. The Morgan fingerprint density at radius 2 is 2.03 bits per heavy atom. The van der Waals surface area contributed by atoms with Gasteiger partial charge < -0.3 is 19.3 Å². The van der Waals surface area contributed by atoms with Crippen LogP contribution in [-0.2, 0) is 17.1 Å². The van der Waals surface area contributed by atoms with Gasteiger partial charge in [-0.1, -0.05) is 23.7 Å². The summed E-state index contributed by atoms with van der Waals surface area (Å²) in [6.45, 7) is 5.12. The van der Waals surface area contributed by atoms with Crippen LogP contribution in [0.3, 0.4) is 0 Å². The minimum absolute atomic E-state index is 0.0766. The van der Waals surface area contributed by atoms with Crippen molar-refractivity contribution in [3.8, 4) is 11.5 Å². The quantitative estimate of drug-likeness (QED) is 0.313. The molecule has 6 heterocycles. The first-order chi connectivity index (χ1) is 18.9. The van der Waals surface area contributed by atoms with Crippen molar-refractivity contribution in [1.82, 2.24) is 19.4 Å². The fourth-order valence-electron chi connectivity index (χ4n) is 5.72. The summed E-state index contributed by atoms with van der Waals surface area (Å²) in [4.78, 5) is 24.2. The van der Waals surface area contributed by atoms with E-state index < -0.39 is 11.8 Å². The van der Waals surface area contributed by atoms with Crippen molar-refractivity contribution in [3.63, 3.8) is 0 Å². The molecule has 2 fully saturated rings. The van der Waals surface area contributed by atoms with Gasteiger partial charge in [0.2, 0.25) is 0 Å². The van der Waals surface area contributed by atoms with Gasteiger partial charge in [0, 0.05) is 25.1 Å². The molecule has 9 nitrogen and oxygen atoms in total. The van der Waals surface area contributed by atoms with E-state index in [4.69, 9.17) is 30.8 Å². The van der Waals surface area contributed by atoms with Crippen molar-refractivity contribution >= 4 is 39.3 Å². The Labute approximate surface area is 233 Å². The number of piperidine rings is 1. The molecule has 11 heteroatoms. The van der Waals surface area contributed by atoms with Crippen LogP contribution in [0.15, 0.2) is 42.6 Å². The van der Waals surface area contributed by atoms with Crippen LogP contribution in [0.25, 0.3) is 10.3 Å². The lowest BCUT2D eigenvalue weighted by atomic mass is 9.88. The molecule has 39 heavy (non-hydrogen) atoms. The number of hydrogen-bond donors (Lipinski definition) is 1. The molecular weight excluding hydrogens is 540 g/mol. The normalized spacial score (nSPS) is 23.3. The fraction of sp³-hybridized carbons (Fsp3) is 0.393. The second kappa shape index (κ2) is 9.48. The number of carbonyl (C=O) groups is 1. The molecule has 0 spiro atoms. The predicted molar refractivity (Wildman–Crippen MR) is 146 cm³/mol. The van der Waals surface area contributed by atoms with Gasteiger partial charge in [0.1, 0.15) is 27.5 Å². The summed E-state index contributed by atoms with van der Waals surface area (Å²) >= 11 is 7.25. The molecular formula is C28H27ClN4O5S. The van der Waals surface area contributed by atoms with E-state index in [-0.39, 0.29) is 6.23 Å². The number of aromatic nitrogens is 3. The highest BCUT2D eigenvalue weighted by molar-refractivity contribution is 7.20. The summed E-state index contributed by atoms with van der Waals surface area (Å²) in [7, 11) is 0. The van der Waals surface area contributed by atoms with E-state index in [9.17, 15) is 9.90 Å². The molecule has 3 aromatic heterocycles. The SMILES string of the molecule is C[C@@]1(c2ccc(Cl)cn2)Oc2cccc(C3CCN(Cc4nc5sc(C(=O)O)cc5n4C4CCO4)CC3)c2O1. The van der Waals surface area contributed by atoms with Gasteiger partial charge in [-0.05, 0) is 56.1 Å². The lowest BCUT2D eigenvalue weighted by Crippen LogP contribution is -2.35. The Kier molecular flexibility index (Phi) is 6.04. The average molecular weight is 567 g/mol. The molecule has 3 aliphatic heterocycles. The lowest BCUT2D eigenvalue weighted by Gasteiger charge is -2.34. The highest BCUT2D eigenvalue weighted by Gasteiger charge is 2.42. The third-order valence-corrected chi connectivity index (χ3v) is 9.06. The molecule has 1 aromatic carbocycles. The first kappa shape index (κ1) is 24.8. The topological polar surface area (TPSA) is 98.9 Å². The maximum atomic E-state index is 11.5. The van der Waals surface area contributed by atoms with Gasteiger partial charge in [-0.2, -0.15) is 0 Å². The monoisotopic (exact) mass is 566 g/mol. The molecule has 2 saturated heterocycles. The van der Waals surface area contributed by atoms with Crippen LogP contribution in [-0.4, -0.2) is 50.2 Å². The van der Waals surface area contributed by atoms with Crippen LogP contribution in [0.2, 0.25) is 5.02 Å². The number of benzene rings is 1. The van der Waals surface area contributed by atoms with Crippen LogP contribution in [0.4, 0.5) is 0 Å². The van der Waals surface area contributed by atoms with Gasteiger partial charge in [0.15, 0.2) is 11.5 Å². The zero-order valence-corrected chi connectivity index (χ0v) is 22.9. The molecule has 0 radical (unpaired) electrons. The van der Waals surface area contributed by atoms with E-state index >= 15 is 0 Å². The molecule has 4 aromatic rings. The molecule has 202 valence electrons. The number of para-hydroxylation sites is 1. The highest BCUT2D eigenvalue weighted by Crippen LogP contribution is 2.49. The Bertz CT molecular complexity index is 1560. The Morgan fingerprint density at radius 1 is 1.21 bits per heavy atom. The van der Waals surface area contributed by atoms with E-state index in [1.165, 1.54) is 11.3 Å². The van der Waals surface area contributed by atoms with Crippen LogP contribution in [0.1, 0.15) is 65.1 Å². The number of imidazole rings is 1. The van der Waals surface area contributed by atoms with Gasteiger partial charge in [-0.25, -0.2) is 9.78 Å². The number of likely N-dealkylation sites (tertiary alicyclic amines) is 1. The van der Waals surface area contributed by atoms with Crippen LogP contribution in [0.5, 0.6) is 11.5 Å². The lowest BCUT2D eigenvalue weighted by molar-refractivity contribution is -0.0991. The fourth-order valence-corrected chi connectivity index (χ4v) is 6.71. The van der Waals surface area contributed by atoms with Crippen molar-refractivity contribution in [2.24, 2.45) is 0 Å². The third-order valence-electron chi connectivity index (χ3n) is 7.83. The summed E-state index contributed by atoms with van der Waals surface area (Å²) in [6, 6.07) is 11.4. The number of carboxylic acid groups (broad SMARTS) is 1. The van der Waals surface area contributed by atoms with E-state index in [2.05, 4.69) is 20.5 Å². The van der Waals surface area contributed by atoms with E-state index in [1.54, 1.807) is 18.3 Å². The van der Waals surface area contributed by atoms with Gasteiger partial charge in [0.05, 0.1) is 23.7 Å². The number of aromatic carboxylic acids is 1. The smallest absolute Gasteiger partial charge is 0.346 e. The number of pyridine rings is 1. The van der Waals surface area contributed by atoms with Crippen LogP contribution < -0.4 is 9.47 Å². The van der Waals surface area contributed by atoms with E-state index in [0.29, 0.717) is 34.7 Å². The third kappa shape index (κ3) is 4.35. The molecule has 1 N–H and O–H groups in total. The first-order valence-electron chi connectivity index (χ1n) is 13.1. The van der Waals surface area contributed by atoms with E-state index in [1.807, 2.05) is 25.1 Å². The number of ether oxygens (including phenoxy) is 3. The zero-order valence-electron chi connectivity index (χ0n) is 21.3. The zero-order chi connectivity index (χ0) is 26.7. The second-order valence-corrected chi connectivity index (χ2v) is 11.8. The maximum Gasteiger partial charge on any atom is 0.346 e. The van der Waals surface area contributed by atoms with Crippen molar-refractivity contribution in [2.45, 2.75) is 50.7 Å². The summed E-state index contributed by atoms with van der Waals surface area (Å²) in [6.07, 6.45) is 4.39. The molecule has 3 aliphatic rings. The number of carboxylic acids is 1. The number of thiophene rings is 1. The maximum absolute atomic E-state index is 11.5. The first-order valence-corrected chi connectivity index (χ1v) is 14.3. The molecule has 0 aliphatic carbocycles. The highest BCUT2D eigenvalue weighted by atomic mass is 35.5. The number of fused-ring (bicyclic) bond motifs is 2. The molecule has 1 unspecified atom stereocenters. The average Bonchev–Trinajstić information content (AvgIpc) is 3.56. The molecule has 2 atom stereocenters. The van der Waals surface area contributed by atoms with Crippen molar-refractivity contribution in [2.75, 3.05) is 19.7 Å². The number of nitrogens with zero attached hydrogens (tertiary/aromatic N) is 4. The standard InChI is InChI=1S/C28H27ClN4O5S/c1-28(22-6-5-17(29)14-30-22)37-20-4-2-3-18(25(20)38-28)16-7-10-32(11-8-16)15-23-31-26-19(13-21(39-26)27(34)35)33(23)24-9-12-36-24/h2-6,13-14,16,24H,7-12,15H2,1H3,(H,34,35)/t24?,28-/m1/s1. The Morgan fingerprint density at radius 3 is 2.72 bits per heavy atom. The Balaban J connectivity index is 1.07. The summed E-state index contributed by atoms with van der Waals surface area (Å²) in [5.74, 6) is 0.878. The molecule has 7 rings (SSSR count). The van der Waals surface area contributed by atoms with Gasteiger partial charge >= 0.3 is 5.97 Å². The van der Waals surface area contributed by atoms with E-state index in [0.717, 1.165) is 65.6 Å². The Hall–Kier alpha value is -3.18. The van der Waals surface area contributed by atoms with Crippen molar-refractivity contribution < 1.29 is 24.1 Å². The summed E-state index contributed by atoms with van der Waals surface area (Å²) in [5, 5.41) is 9.99. The van der Waals surface area contributed by atoms with Gasteiger partial charge in [-0.3, -0.25) is 14.5 Å². The largest absolute Gasteiger partial charge is 0.477 e.